The molecule has 3 heterocycles. The summed E-state index contributed by atoms with van der Waals surface area (Å²) in [6.07, 6.45) is 0. The van der Waals surface area contributed by atoms with Crippen LogP contribution in [0.3, 0.4) is 0 Å². The van der Waals surface area contributed by atoms with Crippen LogP contribution in [0.4, 0.5) is 0 Å². The lowest BCUT2D eigenvalue weighted by Gasteiger charge is -2.12. The molecular weight excluding hydrogens is 663 g/mol. The first-order valence-electron chi connectivity index (χ1n) is 18.0. The zero-order chi connectivity index (χ0) is 34.9. The van der Waals surface area contributed by atoms with Gasteiger partial charge in [-0.15, -0.1) is 11.3 Å². The second kappa shape index (κ2) is 11.9. The maximum Gasteiger partial charge on any atom is 0.126 e. The summed E-state index contributed by atoms with van der Waals surface area (Å²) in [5.41, 5.74) is 14.1. The van der Waals surface area contributed by atoms with E-state index in [4.69, 9.17) is 4.98 Å². The van der Waals surface area contributed by atoms with Crippen molar-refractivity contribution in [2.75, 3.05) is 0 Å². The molecule has 11 aromatic rings. The molecule has 3 aromatic heterocycles. The molecule has 0 N–H and O–H groups in total. The zero-order valence-corrected chi connectivity index (χ0v) is 29.5. The van der Waals surface area contributed by atoms with E-state index in [1.165, 1.54) is 70.6 Å². The Hall–Kier alpha value is -6.75. The lowest BCUT2D eigenvalue weighted by molar-refractivity contribution is 1.18. The van der Waals surface area contributed by atoms with Crippen molar-refractivity contribution < 1.29 is 0 Å². The molecule has 53 heavy (non-hydrogen) atoms. The van der Waals surface area contributed by atoms with E-state index in [2.05, 4.69) is 197 Å². The molecule has 248 valence electrons. The van der Waals surface area contributed by atoms with Gasteiger partial charge in [0, 0.05) is 32.8 Å². The summed E-state index contributed by atoms with van der Waals surface area (Å²) < 4.78 is 6.02. The quantitative estimate of drug-likeness (QED) is 0.176. The average Bonchev–Trinajstić information content (AvgIpc) is 3.91. The van der Waals surface area contributed by atoms with E-state index in [-0.39, 0.29) is 0 Å². The van der Waals surface area contributed by atoms with Gasteiger partial charge >= 0.3 is 0 Å². The molecule has 11 rings (SSSR count). The Morgan fingerprint density at radius 1 is 0.377 bits per heavy atom. The molecule has 8 aromatic carbocycles. The molecule has 0 spiro atoms. The summed E-state index contributed by atoms with van der Waals surface area (Å²) in [6, 6.07) is 68.0. The van der Waals surface area contributed by atoms with Gasteiger partial charge in [-0.2, -0.15) is 0 Å². The Morgan fingerprint density at radius 2 is 0.943 bits per heavy atom. The molecule has 3 nitrogen and oxygen atoms in total. The standard InChI is InChI=1S/C49H31N3S/c1-2-13-32(14-3-1)33-15-12-16-36(29-33)51-43-21-8-4-17-37(43)40-30-34(25-27-46(40)51)35-26-28-47-41(31-35)38-18-5-9-22-44(38)52(47)45-23-10-6-19-39(45)49-50-42-20-7-11-24-48(42)53-49/h1-31H. The molecule has 0 amide bonds. The molecule has 0 aliphatic heterocycles. The molecule has 0 saturated carbocycles. The second-order valence-corrected chi connectivity index (χ2v) is 14.6. The van der Waals surface area contributed by atoms with E-state index >= 15 is 0 Å². The highest BCUT2D eigenvalue weighted by atomic mass is 32.1. The largest absolute Gasteiger partial charge is 0.309 e. The van der Waals surface area contributed by atoms with E-state index in [9.17, 15) is 0 Å². The van der Waals surface area contributed by atoms with E-state index < -0.39 is 0 Å². The van der Waals surface area contributed by atoms with Gasteiger partial charge < -0.3 is 9.13 Å². The van der Waals surface area contributed by atoms with Crippen LogP contribution in [0, 0.1) is 0 Å². The van der Waals surface area contributed by atoms with Crippen molar-refractivity contribution >= 4 is 65.2 Å². The van der Waals surface area contributed by atoms with E-state index in [1.807, 2.05) is 0 Å². The van der Waals surface area contributed by atoms with Crippen LogP contribution < -0.4 is 0 Å². The maximum absolute atomic E-state index is 5.06. The Labute approximate surface area is 310 Å². The summed E-state index contributed by atoms with van der Waals surface area (Å²) in [4.78, 5) is 5.06. The third kappa shape index (κ3) is 4.77. The molecule has 0 aliphatic carbocycles. The lowest BCUT2D eigenvalue weighted by atomic mass is 10.0. The normalized spacial score (nSPS) is 11.8. The van der Waals surface area contributed by atoms with Gasteiger partial charge in [-0.1, -0.05) is 115 Å². The Morgan fingerprint density at radius 3 is 1.70 bits per heavy atom. The van der Waals surface area contributed by atoms with E-state index in [1.54, 1.807) is 11.3 Å². The molecule has 0 fully saturated rings. The van der Waals surface area contributed by atoms with Gasteiger partial charge in [0.1, 0.15) is 5.01 Å². The topological polar surface area (TPSA) is 22.8 Å². The molecular formula is C49H31N3S. The molecule has 0 unspecified atom stereocenters. The van der Waals surface area contributed by atoms with Gasteiger partial charge in [-0.3, -0.25) is 0 Å². The molecule has 0 atom stereocenters. The number of para-hydroxylation sites is 4. The predicted octanol–water partition coefficient (Wildman–Crippen LogP) is 13.5. The van der Waals surface area contributed by atoms with Crippen LogP contribution in [0.1, 0.15) is 0 Å². The fourth-order valence-electron chi connectivity index (χ4n) is 8.13. The van der Waals surface area contributed by atoms with Gasteiger partial charge in [-0.25, -0.2) is 4.98 Å². The van der Waals surface area contributed by atoms with Crippen LogP contribution in [-0.4, -0.2) is 14.1 Å². The predicted molar refractivity (Wildman–Crippen MR) is 225 cm³/mol. The van der Waals surface area contributed by atoms with Crippen molar-refractivity contribution in [3.8, 4) is 44.2 Å². The van der Waals surface area contributed by atoms with Crippen molar-refractivity contribution in [3.63, 3.8) is 0 Å². The van der Waals surface area contributed by atoms with Crippen LogP contribution in [0.2, 0.25) is 0 Å². The van der Waals surface area contributed by atoms with Crippen molar-refractivity contribution in [2.45, 2.75) is 0 Å². The van der Waals surface area contributed by atoms with Crippen molar-refractivity contribution in [3.05, 3.63) is 188 Å². The molecule has 0 bridgehead atoms. The Bertz CT molecular complexity index is 3150. The fraction of sp³-hybridized carbons (Fsp3) is 0. The smallest absolute Gasteiger partial charge is 0.126 e. The SMILES string of the molecule is c1ccc(-c2cccc(-n3c4ccccc4c4cc(-c5ccc6c(c5)c5ccccc5n6-c5ccccc5-c5nc6ccccc6s5)ccc43)c2)cc1. The molecule has 0 saturated heterocycles. The summed E-state index contributed by atoms with van der Waals surface area (Å²) >= 11 is 1.75. The van der Waals surface area contributed by atoms with Gasteiger partial charge in [-0.05, 0) is 95.1 Å². The summed E-state index contributed by atoms with van der Waals surface area (Å²) in [7, 11) is 0. The number of thiazole rings is 1. The number of hydrogen-bond acceptors (Lipinski definition) is 2. The first-order chi connectivity index (χ1) is 26.3. The van der Waals surface area contributed by atoms with Crippen molar-refractivity contribution in [2.24, 2.45) is 0 Å². The van der Waals surface area contributed by atoms with E-state index in [0.717, 1.165) is 27.5 Å². The highest BCUT2D eigenvalue weighted by Crippen LogP contribution is 2.41. The van der Waals surface area contributed by atoms with E-state index in [0.29, 0.717) is 0 Å². The Balaban J connectivity index is 1.07. The van der Waals surface area contributed by atoms with Gasteiger partial charge in [0.05, 0.1) is 38.0 Å². The van der Waals surface area contributed by atoms with Gasteiger partial charge in [0.25, 0.3) is 0 Å². The number of fused-ring (bicyclic) bond motifs is 7. The van der Waals surface area contributed by atoms with Crippen LogP contribution in [0.15, 0.2) is 188 Å². The first kappa shape index (κ1) is 29.9. The number of benzene rings is 8. The van der Waals surface area contributed by atoms with Crippen LogP contribution in [0.25, 0.3) is 98.0 Å². The zero-order valence-electron chi connectivity index (χ0n) is 28.6. The van der Waals surface area contributed by atoms with Crippen LogP contribution in [0.5, 0.6) is 0 Å². The molecule has 0 aliphatic rings. The number of aromatic nitrogens is 3. The lowest BCUT2D eigenvalue weighted by Crippen LogP contribution is -1.96. The highest BCUT2D eigenvalue weighted by Gasteiger charge is 2.19. The van der Waals surface area contributed by atoms with Crippen LogP contribution in [-0.2, 0) is 0 Å². The first-order valence-corrected chi connectivity index (χ1v) is 18.8. The number of rotatable bonds is 5. The minimum absolute atomic E-state index is 1.03. The van der Waals surface area contributed by atoms with Crippen LogP contribution >= 0.6 is 11.3 Å². The highest BCUT2D eigenvalue weighted by molar-refractivity contribution is 7.21. The minimum Gasteiger partial charge on any atom is -0.309 e. The van der Waals surface area contributed by atoms with Gasteiger partial charge in [0.2, 0.25) is 0 Å². The molecule has 4 heteroatoms. The molecule has 0 radical (unpaired) electrons. The third-order valence-electron chi connectivity index (χ3n) is 10.6. The third-order valence-corrected chi connectivity index (χ3v) is 11.6. The van der Waals surface area contributed by atoms with Crippen molar-refractivity contribution in [1.82, 2.24) is 14.1 Å². The fourth-order valence-corrected chi connectivity index (χ4v) is 9.13. The van der Waals surface area contributed by atoms with Crippen molar-refractivity contribution in [1.29, 1.82) is 0 Å². The summed E-state index contributed by atoms with van der Waals surface area (Å²) in [5.74, 6) is 0. The Kier molecular flexibility index (Phi) is 6.73. The monoisotopic (exact) mass is 693 g/mol. The summed E-state index contributed by atoms with van der Waals surface area (Å²) in [6.45, 7) is 0. The number of hydrogen-bond donors (Lipinski definition) is 0. The minimum atomic E-state index is 1.03. The number of nitrogens with zero attached hydrogens (tertiary/aromatic N) is 3. The maximum atomic E-state index is 5.06. The van der Waals surface area contributed by atoms with Gasteiger partial charge in [0.15, 0.2) is 0 Å². The second-order valence-electron chi connectivity index (χ2n) is 13.6. The average molecular weight is 694 g/mol. The summed E-state index contributed by atoms with van der Waals surface area (Å²) in [5, 5.41) is 5.99.